The highest BCUT2D eigenvalue weighted by molar-refractivity contribution is 5.93. The second-order valence-corrected chi connectivity index (χ2v) is 14.6. The lowest BCUT2D eigenvalue weighted by atomic mass is 9.77. The second kappa shape index (κ2) is 16.5. The predicted molar refractivity (Wildman–Crippen MR) is 237 cm³/mol. The molecule has 0 spiro atoms. The van der Waals surface area contributed by atoms with Crippen molar-refractivity contribution in [3.05, 3.63) is 227 Å². The monoisotopic (exact) mass is 766 g/mol. The number of carbonyl (C=O) groups excluding carboxylic acids is 1. The van der Waals surface area contributed by atoms with Crippen molar-refractivity contribution in [1.29, 1.82) is 0 Å². The van der Waals surface area contributed by atoms with Crippen LogP contribution in [0.4, 0.5) is 0 Å². The smallest absolute Gasteiger partial charge is 0.184 e. The molecule has 9 aromatic rings. The molecule has 0 aliphatic heterocycles. The van der Waals surface area contributed by atoms with Gasteiger partial charge in [-0.2, -0.15) is 0 Å². The van der Waals surface area contributed by atoms with Crippen molar-refractivity contribution in [3.63, 3.8) is 0 Å². The Labute approximate surface area is 344 Å². The maximum absolute atomic E-state index is 12.7. The quantitative estimate of drug-likeness (QED) is 0.0862. The van der Waals surface area contributed by atoms with Gasteiger partial charge in [-0.05, 0) is 72.6 Å². The van der Waals surface area contributed by atoms with Crippen LogP contribution in [0.3, 0.4) is 0 Å². The lowest BCUT2D eigenvalue weighted by molar-refractivity contribution is 0.111. The summed E-state index contributed by atoms with van der Waals surface area (Å²) in [4.78, 5) is 17.7. The van der Waals surface area contributed by atoms with Crippen LogP contribution < -0.4 is 0 Å². The molecule has 286 valence electrons. The number of aryl methyl sites for hydroxylation is 1. The van der Waals surface area contributed by atoms with Crippen LogP contribution in [-0.4, -0.2) is 36.0 Å². The highest BCUT2D eigenvalue weighted by Crippen LogP contribution is 2.43. The van der Waals surface area contributed by atoms with Gasteiger partial charge in [0.1, 0.15) is 17.1 Å². The molecule has 0 fully saturated rings. The molecule has 7 heteroatoms. The number of benzene rings is 7. The summed E-state index contributed by atoms with van der Waals surface area (Å²) >= 11 is 0. The normalized spacial score (nSPS) is 11.7. The highest BCUT2D eigenvalue weighted by atomic mass is 16.1. The fourth-order valence-corrected chi connectivity index (χ4v) is 8.32. The largest absolute Gasteiger partial charge is 0.321 e. The number of hydrogen-bond acceptors (Lipinski definition) is 5. The maximum atomic E-state index is 12.7. The third-order valence-corrected chi connectivity index (χ3v) is 11.1. The first-order valence-electron chi connectivity index (χ1n) is 20.0. The molecule has 0 amide bonds. The van der Waals surface area contributed by atoms with Crippen LogP contribution in [0.2, 0.25) is 0 Å². The van der Waals surface area contributed by atoms with Crippen molar-refractivity contribution in [2.45, 2.75) is 31.8 Å². The third-order valence-electron chi connectivity index (χ3n) is 11.1. The Balaban J connectivity index is 1.09. The van der Waals surface area contributed by atoms with Crippen LogP contribution in [0.5, 0.6) is 0 Å². The number of rotatable bonds is 13. The van der Waals surface area contributed by atoms with Crippen LogP contribution in [0, 0.1) is 0 Å². The van der Waals surface area contributed by atoms with E-state index < -0.39 is 5.54 Å². The zero-order valence-corrected chi connectivity index (χ0v) is 32.8. The summed E-state index contributed by atoms with van der Waals surface area (Å²) in [6.07, 6.45) is 6.64. The van der Waals surface area contributed by atoms with Crippen molar-refractivity contribution in [1.82, 2.24) is 29.8 Å². The average molecular weight is 767 g/mol. The molecule has 0 saturated heterocycles. The van der Waals surface area contributed by atoms with Crippen LogP contribution >= 0.6 is 0 Å². The molecule has 7 nitrogen and oxygen atoms in total. The fraction of sp³-hybridized carbons (Fsp3) is 0.0962. The fourth-order valence-electron chi connectivity index (χ4n) is 8.32. The van der Waals surface area contributed by atoms with Crippen LogP contribution in [0.1, 0.15) is 63.2 Å². The van der Waals surface area contributed by atoms with E-state index in [1.165, 1.54) is 5.39 Å². The Bertz CT molecular complexity index is 2780. The number of carbonyl (C=O) groups is 1. The van der Waals surface area contributed by atoms with E-state index in [0.29, 0.717) is 23.8 Å². The molecule has 0 bridgehead atoms. The average Bonchev–Trinajstić information content (AvgIpc) is 3.92. The van der Waals surface area contributed by atoms with Crippen molar-refractivity contribution < 1.29 is 4.79 Å². The number of imidazole rings is 1. The molecule has 2 heterocycles. The summed E-state index contributed by atoms with van der Waals surface area (Å²) in [5.41, 5.74) is 8.58. The molecule has 0 atom stereocenters. The minimum atomic E-state index is -0.875. The third kappa shape index (κ3) is 6.97. The Morgan fingerprint density at radius 1 is 0.610 bits per heavy atom. The van der Waals surface area contributed by atoms with E-state index in [1.807, 2.05) is 53.2 Å². The zero-order valence-electron chi connectivity index (χ0n) is 32.8. The Kier molecular flexibility index (Phi) is 10.4. The van der Waals surface area contributed by atoms with E-state index in [4.69, 9.17) is 15.3 Å². The number of tetrazole rings is 1. The Hall–Kier alpha value is -7.51. The van der Waals surface area contributed by atoms with Gasteiger partial charge in [-0.25, -0.2) is 9.67 Å². The lowest BCUT2D eigenvalue weighted by Gasteiger charge is -2.36. The second-order valence-electron chi connectivity index (χ2n) is 14.6. The number of aldehydes is 1. The summed E-state index contributed by atoms with van der Waals surface area (Å²) in [5, 5.41) is 16.2. The van der Waals surface area contributed by atoms with E-state index in [-0.39, 0.29) is 0 Å². The number of fused-ring (bicyclic) bond motifs is 1. The van der Waals surface area contributed by atoms with E-state index >= 15 is 0 Å². The topological polar surface area (TPSA) is 78.5 Å². The summed E-state index contributed by atoms with van der Waals surface area (Å²) in [6.45, 7) is 2.66. The molecule has 59 heavy (non-hydrogen) atoms. The van der Waals surface area contributed by atoms with Gasteiger partial charge in [0.05, 0.1) is 5.69 Å². The van der Waals surface area contributed by atoms with Gasteiger partial charge >= 0.3 is 0 Å². The standard InChI is InChI=1S/C52H42N6O/c1-2-17-50-53-48(35-34-40-20-16-19-39-18-12-13-27-45(39)40)49(37-59)57(50)36-38-30-32-41(33-31-38)46-28-14-15-29-47(46)51-54-55-56-58(51)52(42-21-6-3-7-22-42,43-23-8-4-9-24-43)44-25-10-5-11-26-44/h3-16,18-35,37H,2,17,36H2,1H3. The SMILES string of the molecule is CCCc1nc(C=Cc2cccc3ccccc23)c(C=O)n1Cc1ccc(-c2ccccc2-c2nnnn2C(c2ccccc2)(c2ccccc2)c2ccccc2)cc1. The van der Waals surface area contributed by atoms with Gasteiger partial charge in [-0.15, -0.1) is 5.10 Å². The summed E-state index contributed by atoms with van der Waals surface area (Å²) in [6, 6.07) is 62.7. The van der Waals surface area contributed by atoms with Crippen LogP contribution in [-0.2, 0) is 18.5 Å². The van der Waals surface area contributed by atoms with Crippen molar-refractivity contribution >= 4 is 29.2 Å². The van der Waals surface area contributed by atoms with E-state index in [9.17, 15) is 4.79 Å². The molecule has 2 aromatic heterocycles. The first-order chi connectivity index (χ1) is 29.2. The maximum Gasteiger partial charge on any atom is 0.184 e. The minimum absolute atomic E-state index is 0.520. The number of hydrogen-bond donors (Lipinski definition) is 0. The van der Waals surface area contributed by atoms with Gasteiger partial charge < -0.3 is 4.57 Å². The zero-order chi connectivity index (χ0) is 40.0. The molecule has 7 aromatic carbocycles. The van der Waals surface area contributed by atoms with Gasteiger partial charge in [0, 0.05) is 18.5 Å². The number of aromatic nitrogens is 6. The predicted octanol–water partition coefficient (Wildman–Crippen LogP) is 11.2. The summed E-state index contributed by atoms with van der Waals surface area (Å²) in [7, 11) is 0. The highest BCUT2D eigenvalue weighted by Gasteiger charge is 2.42. The molecule has 0 aliphatic carbocycles. The first-order valence-corrected chi connectivity index (χ1v) is 20.0. The van der Waals surface area contributed by atoms with Crippen LogP contribution in [0.25, 0.3) is 45.4 Å². The molecule has 0 N–H and O–H groups in total. The molecular weight excluding hydrogens is 725 g/mol. The molecule has 0 saturated carbocycles. The first kappa shape index (κ1) is 37.1. The summed E-state index contributed by atoms with van der Waals surface area (Å²) < 4.78 is 4.04. The molecule has 0 aliphatic rings. The molecule has 0 unspecified atom stereocenters. The van der Waals surface area contributed by atoms with Gasteiger partial charge in [-0.3, -0.25) is 4.79 Å². The van der Waals surface area contributed by atoms with Gasteiger partial charge in [0.25, 0.3) is 0 Å². The van der Waals surface area contributed by atoms with Crippen molar-refractivity contribution in [2.24, 2.45) is 0 Å². The Morgan fingerprint density at radius 3 is 1.85 bits per heavy atom. The van der Waals surface area contributed by atoms with Gasteiger partial charge in [-0.1, -0.05) is 195 Å². The van der Waals surface area contributed by atoms with Gasteiger partial charge in [0.2, 0.25) is 0 Å². The van der Waals surface area contributed by atoms with E-state index in [0.717, 1.165) is 74.8 Å². The lowest BCUT2D eigenvalue weighted by Crippen LogP contribution is -2.39. The Morgan fingerprint density at radius 2 is 1.20 bits per heavy atom. The van der Waals surface area contributed by atoms with Crippen molar-refractivity contribution in [3.8, 4) is 22.5 Å². The van der Waals surface area contributed by atoms with Crippen LogP contribution in [0.15, 0.2) is 182 Å². The molecular formula is C52H42N6O. The van der Waals surface area contributed by atoms with E-state index in [1.54, 1.807) is 0 Å². The van der Waals surface area contributed by atoms with E-state index in [2.05, 4.69) is 162 Å². The number of nitrogens with zero attached hydrogens (tertiary/aromatic N) is 6. The summed E-state index contributed by atoms with van der Waals surface area (Å²) in [5.74, 6) is 1.54. The minimum Gasteiger partial charge on any atom is -0.321 e. The molecule has 9 rings (SSSR count). The molecule has 0 radical (unpaired) electrons. The van der Waals surface area contributed by atoms with Gasteiger partial charge in [0.15, 0.2) is 12.1 Å². The van der Waals surface area contributed by atoms with Crippen molar-refractivity contribution in [2.75, 3.05) is 0 Å².